The number of fused-ring (bicyclic) bond motifs is 1. The highest BCUT2D eigenvalue weighted by molar-refractivity contribution is 8.23. The van der Waals surface area contributed by atoms with Gasteiger partial charge in [0.15, 0.2) is 14.0 Å². The number of amides is 2. The van der Waals surface area contributed by atoms with Gasteiger partial charge in [-0.15, -0.1) is 11.8 Å². The van der Waals surface area contributed by atoms with Crippen molar-refractivity contribution in [1.29, 1.82) is 0 Å². The molecule has 1 aromatic carbocycles. The summed E-state index contributed by atoms with van der Waals surface area (Å²) in [5.74, 6) is -1.87. The van der Waals surface area contributed by atoms with Crippen LogP contribution in [0.5, 0.6) is 0 Å². The van der Waals surface area contributed by atoms with Gasteiger partial charge in [0.2, 0.25) is 11.8 Å². The fourth-order valence-electron chi connectivity index (χ4n) is 3.53. The van der Waals surface area contributed by atoms with Gasteiger partial charge in [0.1, 0.15) is 5.37 Å². The molecule has 33 heavy (non-hydrogen) atoms. The number of carboxylic acid groups (broad SMARTS) is 1. The van der Waals surface area contributed by atoms with Crippen LogP contribution in [0, 0.1) is 5.92 Å². The van der Waals surface area contributed by atoms with Gasteiger partial charge in [0.05, 0.1) is 22.0 Å². The number of carboxylic acids is 1. The van der Waals surface area contributed by atoms with E-state index in [-0.39, 0.29) is 39.8 Å². The molecule has 3 atom stereocenters. The number of aliphatic carboxylic acids is 1. The van der Waals surface area contributed by atoms with Gasteiger partial charge in [-0.1, -0.05) is 62.9 Å². The molecule has 3 rings (SSSR count). The van der Waals surface area contributed by atoms with Crippen LogP contribution in [0.1, 0.15) is 33.3 Å². The van der Waals surface area contributed by atoms with Crippen LogP contribution in [0.25, 0.3) is 0 Å². The van der Waals surface area contributed by atoms with E-state index in [4.69, 9.17) is 4.43 Å². The van der Waals surface area contributed by atoms with Gasteiger partial charge in [-0.2, -0.15) is 0 Å². The second kappa shape index (κ2) is 9.85. The first kappa shape index (κ1) is 25.9. The standard InChI is InChI=1S/C23H32N2O5S2Si/c1-14(30-33(5,6)23(2,3)4)17-19(27)25-18(21(28)29)22(32-20(17)25)31-13-16(26)24-12-15-10-8-7-9-11-15/h7-11,14,17,20H,12-13H2,1-6H3,(H,24,26)(H,28,29)/t14-,17+,20+/m0/s1. The first-order valence-electron chi connectivity index (χ1n) is 10.9. The molecule has 0 spiro atoms. The molecule has 2 aliphatic rings. The van der Waals surface area contributed by atoms with Gasteiger partial charge in [-0.25, -0.2) is 4.79 Å². The average molecular weight is 509 g/mol. The van der Waals surface area contributed by atoms with Crippen LogP contribution in [0.4, 0.5) is 0 Å². The summed E-state index contributed by atoms with van der Waals surface area (Å²) in [4.78, 5) is 38.5. The van der Waals surface area contributed by atoms with Crippen molar-refractivity contribution in [1.82, 2.24) is 10.2 Å². The highest BCUT2D eigenvalue weighted by Gasteiger charge is 2.59. The number of thioether (sulfide) groups is 2. The number of hydrogen-bond acceptors (Lipinski definition) is 6. The molecule has 1 fully saturated rings. The zero-order valence-corrected chi connectivity index (χ0v) is 22.5. The van der Waals surface area contributed by atoms with Gasteiger partial charge in [-0.05, 0) is 30.6 Å². The molecule has 0 bridgehead atoms. The summed E-state index contributed by atoms with van der Waals surface area (Å²) in [5.41, 5.74) is 0.969. The second-order valence-electron chi connectivity index (χ2n) is 9.82. The van der Waals surface area contributed by atoms with E-state index in [2.05, 4.69) is 39.2 Å². The molecule has 2 amide bonds. The maximum Gasteiger partial charge on any atom is 0.354 e. The molecule has 180 valence electrons. The van der Waals surface area contributed by atoms with Crippen LogP contribution >= 0.6 is 23.5 Å². The molecule has 0 saturated carbocycles. The Balaban J connectivity index is 1.62. The Labute approximate surface area is 204 Å². The number of β-lactam (4-membered cyclic amide) rings is 1. The normalized spacial score (nSPS) is 21.5. The minimum absolute atomic E-state index is 0.00909. The minimum atomic E-state index is -2.08. The maximum absolute atomic E-state index is 12.9. The van der Waals surface area contributed by atoms with Crippen molar-refractivity contribution < 1.29 is 23.9 Å². The summed E-state index contributed by atoms with van der Waals surface area (Å²) in [5, 5.41) is 12.3. The molecule has 0 radical (unpaired) electrons. The Kier molecular flexibility index (Phi) is 7.72. The van der Waals surface area contributed by atoms with E-state index >= 15 is 0 Å². The van der Waals surface area contributed by atoms with Crippen LogP contribution in [-0.2, 0) is 25.4 Å². The van der Waals surface area contributed by atoms with Gasteiger partial charge in [0, 0.05) is 6.54 Å². The molecule has 7 nitrogen and oxygen atoms in total. The summed E-state index contributed by atoms with van der Waals surface area (Å²) < 4.78 is 6.93. The summed E-state index contributed by atoms with van der Waals surface area (Å²) in [6, 6.07) is 9.57. The first-order valence-corrected chi connectivity index (χ1v) is 15.7. The van der Waals surface area contributed by atoms with Crippen molar-refractivity contribution in [2.75, 3.05) is 5.75 Å². The van der Waals surface area contributed by atoms with Gasteiger partial charge >= 0.3 is 5.97 Å². The third-order valence-corrected chi connectivity index (χ3v) is 13.6. The van der Waals surface area contributed by atoms with E-state index in [1.165, 1.54) is 28.4 Å². The maximum atomic E-state index is 12.9. The van der Waals surface area contributed by atoms with Gasteiger partial charge in [0.25, 0.3) is 0 Å². The number of benzene rings is 1. The Morgan fingerprint density at radius 2 is 1.91 bits per heavy atom. The van der Waals surface area contributed by atoms with E-state index in [0.717, 1.165) is 5.56 Å². The summed E-state index contributed by atoms with van der Waals surface area (Å²) in [7, 11) is -2.08. The largest absolute Gasteiger partial charge is 0.477 e. The quantitative estimate of drug-likeness (QED) is 0.381. The third-order valence-electron chi connectivity index (χ3n) is 6.41. The Hall–Kier alpha value is -1.75. The number of nitrogens with one attached hydrogen (secondary N) is 1. The van der Waals surface area contributed by atoms with Crippen molar-refractivity contribution >= 4 is 49.6 Å². The molecular formula is C23H32N2O5S2Si. The van der Waals surface area contributed by atoms with Crippen LogP contribution < -0.4 is 5.32 Å². The molecule has 0 aromatic heterocycles. The summed E-state index contributed by atoms with van der Waals surface area (Å²) >= 11 is 2.52. The van der Waals surface area contributed by atoms with Crippen molar-refractivity contribution in [3.63, 3.8) is 0 Å². The van der Waals surface area contributed by atoms with E-state index in [9.17, 15) is 19.5 Å². The van der Waals surface area contributed by atoms with E-state index < -0.39 is 20.2 Å². The lowest BCUT2D eigenvalue weighted by atomic mass is 9.92. The highest BCUT2D eigenvalue weighted by Crippen LogP contribution is 2.54. The van der Waals surface area contributed by atoms with Crippen LogP contribution in [0.3, 0.4) is 0 Å². The van der Waals surface area contributed by atoms with Crippen LogP contribution in [0.2, 0.25) is 18.1 Å². The predicted molar refractivity (Wildman–Crippen MR) is 135 cm³/mol. The third kappa shape index (κ3) is 5.50. The molecule has 2 N–H and O–H groups in total. The molecule has 10 heteroatoms. The zero-order chi connectivity index (χ0) is 24.6. The lowest BCUT2D eigenvalue weighted by Gasteiger charge is -2.48. The van der Waals surface area contributed by atoms with Crippen molar-refractivity contribution in [2.45, 2.75) is 63.8 Å². The van der Waals surface area contributed by atoms with E-state index in [0.29, 0.717) is 10.8 Å². The van der Waals surface area contributed by atoms with Crippen molar-refractivity contribution in [2.24, 2.45) is 5.92 Å². The summed E-state index contributed by atoms with van der Waals surface area (Å²) in [6.45, 7) is 13.0. The topological polar surface area (TPSA) is 95.9 Å². The fraction of sp³-hybridized carbons (Fsp3) is 0.522. The van der Waals surface area contributed by atoms with Crippen molar-refractivity contribution in [3.05, 3.63) is 45.8 Å². The molecule has 2 aliphatic heterocycles. The second-order valence-corrected chi connectivity index (χ2v) is 16.9. The average Bonchev–Trinajstić information content (AvgIpc) is 3.04. The monoisotopic (exact) mass is 508 g/mol. The van der Waals surface area contributed by atoms with E-state index in [1.54, 1.807) is 0 Å². The Morgan fingerprint density at radius 1 is 1.27 bits per heavy atom. The Morgan fingerprint density at radius 3 is 2.48 bits per heavy atom. The number of carbonyl (C=O) groups excluding carboxylic acids is 2. The number of rotatable bonds is 9. The number of hydrogen-bond donors (Lipinski definition) is 2. The van der Waals surface area contributed by atoms with Crippen LogP contribution in [-0.4, -0.2) is 53.3 Å². The van der Waals surface area contributed by atoms with Gasteiger partial charge in [-0.3, -0.25) is 14.5 Å². The first-order chi connectivity index (χ1) is 15.3. The van der Waals surface area contributed by atoms with E-state index in [1.807, 2.05) is 37.3 Å². The predicted octanol–water partition coefficient (Wildman–Crippen LogP) is 4.23. The molecular weight excluding hydrogens is 476 g/mol. The lowest BCUT2D eigenvalue weighted by molar-refractivity contribution is -0.156. The molecule has 0 aliphatic carbocycles. The molecule has 2 heterocycles. The number of carbonyl (C=O) groups is 3. The minimum Gasteiger partial charge on any atom is -0.477 e. The molecule has 0 unspecified atom stereocenters. The van der Waals surface area contributed by atoms with Gasteiger partial charge < -0.3 is 14.8 Å². The smallest absolute Gasteiger partial charge is 0.354 e. The zero-order valence-electron chi connectivity index (χ0n) is 19.9. The number of nitrogens with zero attached hydrogens (tertiary/aromatic N) is 1. The summed E-state index contributed by atoms with van der Waals surface area (Å²) in [6.07, 6.45) is -0.305. The highest BCUT2D eigenvalue weighted by atomic mass is 32.2. The molecule has 1 aromatic rings. The fourth-order valence-corrected chi connectivity index (χ4v) is 7.71. The Bertz CT molecular complexity index is 961. The molecule has 1 saturated heterocycles. The lowest BCUT2D eigenvalue weighted by Crippen LogP contribution is -2.62. The van der Waals surface area contributed by atoms with Crippen molar-refractivity contribution in [3.8, 4) is 0 Å². The SMILES string of the molecule is C[C@H](O[Si](C)(C)C(C)(C)C)[C@@H]1C(=O)N2C(C(=O)O)=C(SCC(=O)NCc3ccccc3)S[C@H]12. The van der Waals surface area contributed by atoms with Crippen LogP contribution in [0.15, 0.2) is 40.3 Å².